The third-order valence-electron chi connectivity index (χ3n) is 4.05. The number of hydrogen-bond acceptors (Lipinski definition) is 0. The number of rotatable bonds is 5. The van der Waals surface area contributed by atoms with Crippen LogP contribution in [0.3, 0.4) is 0 Å². The van der Waals surface area contributed by atoms with Gasteiger partial charge in [0.05, 0.1) is 0 Å². The summed E-state index contributed by atoms with van der Waals surface area (Å²) in [6.45, 7) is 2.30. The Hall–Kier alpha value is 0.480. The normalized spacial score (nSPS) is 42.0. The molecular weight excluding hydrogens is 224 g/mol. The molecule has 0 aliphatic heterocycles. The van der Waals surface area contributed by atoms with Gasteiger partial charge in [-0.15, -0.1) is 0 Å². The second-order valence-corrected chi connectivity index (χ2v) is 5.82. The number of hydrogen-bond donors (Lipinski definition) is 0. The van der Waals surface area contributed by atoms with Gasteiger partial charge in [0.2, 0.25) is 0 Å². The highest BCUT2D eigenvalue weighted by Gasteiger charge is 2.52. The summed E-state index contributed by atoms with van der Waals surface area (Å²) in [6, 6.07) is 0. The Labute approximate surface area is 90.6 Å². The second kappa shape index (κ2) is 3.92. The van der Waals surface area contributed by atoms with Crippen molar-refractivity contribution in [3.05, 3.63) is 0 Å². The summed E-state index contributed by atoms with van der Waals surface area (Å²) in [6.07, 6.45) is 10.4. The molecule has 0 aromatic carbocycles. The molecule has 0 N–H and O–H groups in total. The van der Waals surface area contributed by atoms with Crippen molar-refractivity contribution < 1.29 is 0 Å². The van der Waals surface area contributed by atoms with Crippen LogP contribution in [0, 0.1) is 17.3 Å². The Bertz CT molecular complexity index is 166. The van der Waals surface area contributed by atoms with Gasteiger partial charge in [-0.2, -0.15) is 0 Å². The van der Waals surface area contributed by atoms with Crippen molar-refractivity contribution in [1.82, 2.24) is 0 Å². The molecule has 0 aromatic rings. The zero-order valence-corrected chi connectivity index (χ0v) is 10.3. The number of alkyl halides is 1. The summed E-state index contributed by atoms with van der Waals surface area (Å²) in [7, 11) is 0. The first-order valence-corrected chi connectivity index (χ1v) is 6.98. The molecule has 2 fully saturated rings. The monoisotopic (exact) mass is 244 g/mol. The molecule has 0 radical (unpaired) electrons. The van der Waals surface area contributed by atoms with Crippen LogP contribution in [0.1, 0.15) is 51.9 Å². The molecule has 2 saturated carbocycles. The summed E-state index contributed by atoms with van der Waals surface area (Å²) in [5.74, 6) is 2.28. The number of fused-ring (bicyclic) bond motifs is 1. The lowest BCUT2D eigenvalue weighted by molar-refractivity contribution is 0.274. The molecule has 2 rings (SSSR count). The number of unbranched alkanes of at least 4 members (excludes halogenated alkanes) is 2. The molecule has 0 nitrogen and oxygen atoms in total. The molecule has 13 heavy (non-hydrogen) atoms. The summed E-state index contributed by atoms with van der Waals surface area (Å²) >= 11 is 3.73. The first-order valence-electron chi connectivity index (χ1n) is 5.85. The van der Waals surface area contributed by atoms with Gasteiger partial charge in [0.25, 0.3) is 0 Å². The van der Waals surface area contributed by atoms with Gasteiger partial charge in [-0.1, -0.05) is 42.1 Å². The summed E-state index contributed by atoms with van der Waals surface area (Å²) in [4.78, 5) is 0. The standard InChI is InChI=1S/C12H21Br/c1-2-3-4-5-12(9-13)7-10-6-11(10)8-12/h10-11H,2-9H2,1H3. The minimum atomic E-state index is 0.725. The predicted octanol–water partition coefficient (Wildman–Crippen LogP) is 4.38. The Kier molecular flexibility index (Phi) is 3.02. The van der Waals surface area contributed by atoms with Crippen LogP contribution in [0.4, 0.5) is 0 Å². The highest BCUT2D eigenvalue weighted by Crippen LogP contribution is 2.61. The van der Waals surface area contributed by atoms with E-state index in [0.717, 1.165) is 17.3 Å². The van der Waals surface area contributed by atoms with Crippen molar-refractivity contribution in [2.75, 3.05) is 5.33 Å². The van der Waals surface area contributed by atoms with E-state index in [2.05, 4.69) is 22.9 Å². The third kappa shape index (κ3) is 2.11. The Morgan fingerprint density at radius 3 is 2.46 bits per heavy atom. The lowest BCUT2D eigenvalue weighted by Gasteiger charge is -2.28. The van der Waals surface area contributed by atoms with Gasteiger partial charge < -0.3 is 0 Å². The smallest absolute Gasteiger partial charge is 0.00881 e. The molecule has 0 heterocycles. The summed E-state index contributed by atoms with van der Waals surface area (Å²) in [5.41, 5.74) is 0.725. The molecule has 2 aliphatic rings. The van der Waals surface area contributed by atoms with Crippen LogP contribution in [0.25, 0.3) is 0 Å². The van der Waals surface area contributed by atoms with Crippen molar-refractivity contribution in [2.24, 2.45) is 17.3 Å². The summed E-state index contributed by atoms with van der Waals surface area (Å²) in [5, 5.41) is 1.26. The molecule has 0 amide bonds. The fourth-order valence-corrected chi connectivity index (χ4v) is 3.87. The molecule has 1 heteroatoms. The molecule has 0 bridgehead atoms. The van der Waals surface area contributed by atoms with Gasteiger partial charge in [-0.25, -0.2) is 0 Å². The van der Waals surface area contributed by atoms with Crippen LogP contribution in [-0.4, -0.2) is 5.33 Å². The third-order valence-corrected chi connectivity index (χ3v) is 5.24. The van der Waals surface area contributed by atoms with E-state index in [0.29, 0.717) is 0 Å². The quantitative estimate of drug-likeness (QED) is 0.498. The second-order valence-electron chi connectivity index (χ2n) is 5.25. The van der Waals surface area contributed by atoms with Crippen molar-refractivity contribution in [1.29, 1.82) is 0 Å². The molecule has 0 aromatic heterocycles. The van der Waals surface area contributed by atoms with Crippen molar-refractivity contribution in [3.8, 4) is 0 Å². The lowest BCUT2D eigenvalue weighted by atomic mass is 9.80. The van der Waals surface area contributed by atoms with Crippen LogP contribution >= 0.6 is 15.9 Å². The molecule has 2 aliphatic carbocycles. The van der Waals surface area contributed by atoms with Gasteiger partial charge in [0.15, 0.2) is 0 Å². The predicted molar refractivity (Wildman–Crippen MR) is 61.2 cm³/mol. The number of halogens is 1. The van der Waals surface area contributed by atoms with E-state index in [1.165, 1.54) is 43.9 Å². The minimum Gasteiger partial charge on any atom is -0.0922 e. The van der Waals surface area contributed by atoms with Crippen molar-refractivity contribution >= 4 is 15.9 Å². The SMILES string of the molecule is CCCCCC1(CBr)CC2CC2C1. The van der Waals surface area contributed by atoms with E-state index in [1.807, 2.05) is 0 Å². The Morgan fingerprint density at radius 1 is 1.23 bits per heavy atom. The highest BCUT2D eigenvalue weighted by atomic mass is 79.9. The van der Waals surface area contributed by atoms with E-state index in [9.17, 15) is 0 Å². The molecule has 0 saturated heterocycles. The fourth-order valence-electron chi connectivity index (χ4n) is 3.14. The maximum absolute atomic E-state index is 3.73. The largest absolute Gasteiger partial charge is 0.0922 e. The topological polar surface area (TPSA) is 0 Å². The average molecular weight is 245 g/mol. The zero-order chi connectivity index (χ0) is 9.31. The van der Waals surface area contributed by atoms with Crippen LogP contribution in [0.5, 0.6) is 0 Å². The van der Waals surface area contributed by atoms with Crippen LogP contribution in [0.2, 0.25) is 0 Å². The van der Waals surface area contributed by atoms with Gasteiger partial charge in [-0.3, -0.25) is 0 Å². The molecule has 76 valence electrons. The van der Waals surface area contributed by atoms with E-state index >= 15 is 0 Å². The van der Waals surface area contributed by atoms with Crippen LogP contribution in [0.15, 0.2) is 0 Å². The van der Waals surface area contributed by atoms with Crippen LogP contribution < -0.4 is 0 Å². The maximum Gasteiger partial charge on any atom is 0.00881 e. The van der Waals surface area contributed by atoms with E-state index in [4.69, 9.17) is 0 Å². The van der Waals surface area contributed by atoms with Crippen molar-refractivity contribution in [3.63, 3.8) is 0 Å². The minimum absolute atomic E-state index is 0.725. The van der Waals surface area contributed by atoms with E-state index in [1.54, 1.807) is 6.42 Å². The first kappa shape index (κ1) is 10.0. The lowest BCUT2D eigenvalue weighted by Crippen LogP contribution is -2.20. The first-order chi connectivity index (χ1) is 6.29. The molecule has 2 unspecified atom stereocenters. The Morgan fingerprint density at radius 2 is 1.92 bits per heavy atom. The molecular formula is C12H21Br. The van der Waals surface area contributed by atoms with Gasteiger partial charge in [0, 0.05) is 5.33 Å². The van der Waals surface area contributed by atoms with Gasteiger partial charge in [-0.05, 0) is 42.9 Å². The molecule has 0 spiro atoms. The zero-order valence-electron chi connectivity index (χ0n) is 8.69. The summed E-state index contributed by atoms with van der Waals surface area (Å²) < 4.78 is 0. The van der Waals surface area contributed by atoms with E-state index in [-0.39, 0.29) is 0 Å². The molecule has 2 atom stereocenters. The van der Waals surface area contributed by atoms with Crippen LogP contribution in [-0.2, 0) is 0 Å². The van der Waals surface area contributed by atoms with Crippen molar-refractivity contribution in [2.45, 2.75) is 51.9 Å². The van der Waals surface area contributed by atoms with E-state index < -0.39 is 0 Å². The van der Waals surface area contributed by atoms with Gasteiger partial charge >= 0.3 is 0 Å². The van der Waals surface area contributed by atoms with Gasteiger partial charge in [0.1, 0.15) is 0 Å². The Balaban J connectivity index is 1.78. The maximum atomic E-state index is 3.73. The highest BCUT2D eigenvalue weighted by molar-refractivity contribution is 9.09. The fraction of sp³-hybridized carbons (Fsp3) is 1.00. The average Bonchev–Trinajstić information content (AvgIpc) is 2.76.